The smallest absolute Gasteiger partial charge is 0.420 e. The average Bonchev–Trinajstić information content (AvgIpc) is 2.12. The first-order valence-corrected chi connectivity index (χ1v) is 4.41. The van der Waals surface area contributed by atoms with Gasteiger partial charge in [0, 0.05) is 0 Å². The summed E-state index contributed by atoms with van der Waals surface area (Å²) in [5, 5.41) is 0. The van der Waals surface area contributed by atoms with Crippen molar-refractivity contribution in [3.05, 3.63) is 28.8 Å². The van der Waals surface area contributed by atoms with Gasteiger partial charge in [-0.3, -0.25) is 0 Å². The summed E-state index contributed by atoms with van der Waals surface area (Å²) in [5.74, 6) is -1.19. The van der Waals surface area contributed by atoms with E-state index in [1.807, 2.05) is 0 Å². The third kappa shape index (κ3) is 2.65. The highest BCUT2D eigenvalue weighted by atomic mass is 19.4. The highest BCUT2D eigenvalue weighted by Gasteiger charge is 2.42. The topological polar surface area (TPSA) is 9.23 Å². The molecule has 96 valence electrons. The number of ether oxygens (including phenoxy) is 1. The molecule has 17 heavy (non-hydrogen) atoms. The van der Waals surface area contributed by atoms with E-state index in [1.54, 1.807) is 0 Å². The molecule has 0 N–H and O–H groups in total. The largest absolute Gasteiger partial charge is 0.495 e. The lowest BCUT2D eigenvalue weighted by Gasteiger charge is -2.19. The van der Waals surface area contributed by atoms with Crippen LogP contribution in [0.3, 0.4) is 0 Å². The van der Waals surface area contributed by atoms with Gasteiger partial charge in [0.2, 0.25) is 0 Å². The molecular formula is C10H8F6O. The van der Waals surface area contributed by atoms with E-state index in [0.717, 1.165) is 20.1 Å². The lowest BCUT2D eigenvalue weighted by Crippen LogP contribution is -2.15. The van der Waals surface area contributed by atoms with Gasteiger partial charge in [-0.25, -0.2) is 0 Å². The molecule has 0 bridgehead atoms. The first kappa shape index (κ1) is 13.7. The summed E-state index contributed by atoms with van der Waals surface area (Å²) in [5.41, 5.74) is -3.14. The first-order valence-electron chi connectivity index (χ1n) is 4.41. The van der Waals surface area contributed by atoms with E-state index in [4.69, 9.17) is 0 Å². The Morgan fingerprint density at radius 3 is 1.82 bits per heavy atom. The third-order valence-corrected chi connectivity index (χ3v) is 2.16. The van der Waals surface area contributed by atoms with Crippen molar-refractivity contribution >= 4 is 0 Å². The highest BCUT2D eigenvalue weighted by Crippen LogP contribution is 2.45. The van der Waals surface area contributed by atoms with Gasteiger partial charge in [-0.2, -0.15) is 26.3 Å². The second-order valence-corrected chi connectivity index (χ2v) is 3.33. The minimum Gasteiger partial charge on any atom is -0.495 e. The summed E-state index contributed by atoms with van der Waals surface area (Å²) in [6.07, 6.45) is -9.78. The molecule has 0 aliphatic carbocycles. The molecule has 0 heterocycles. The quantitative estimate of drug-likeness (QED) is 0.691. The van der Waals surface area contributed by atoms with Crippen LogP contribution in [0.1, 0.15) is 16.7 Å². The lowest BCUT2D eigenvalue weighted by molar-refractivity contribution is -0.145. The number of aryl methyl sites for hydroxylation is 1. The van der Waals surface area contributed by atoms with Crippen LogP contribution in [0.25, 0.3) is 0 Å². The van der Waals surface area contributed by atoms with E-state index < -0.39 is 29.2 Å². The summed E-state index contributed by atoms with van der Waals surface area (Å²) >= 11 is 0. The minimum atomic E-state index is -4.89. The Balaban J connectivity index is 3.60. The molecule has 0 spiro atoms. The molecule has 0 saturated heterocycles. The standard InChI is InChI=1S/C10H8F6O/c1-5-3-4-6(9(11,12)13)8(17-2)7(5)10(14,15)16/h3-4H,1-2H3. The molecule has 0 aromatic heterocycles. The Labute approximate surface area is 93.0 Å². The van der Waals surface area contributed by atoms with Crippen LogP contribution >= 0.6 is 0 Å². The molecule has 1 nitrogen and oxygen atoms in total. The Bertz CT molecular complexity index is 418. The van der Waals surface area contributed by atoms with Crippen molar-refractivity contribution in [3.63, 3.8) is 0 Å². The van der Waals surface area contributed by atoms with E-state index in [1.165, 1.54) is 0 Å². The predicted molar refractivity (Wildman–Crippen MR) is 47.7 cm³/mol. The van der Waals surface area contributed by atoms with Gasteiger partial charge in [-0.05, 0) is 18.6 Å². The Morgan fingerprint density at radius 2 is 1.47 bits per heavy atom. The van der Waals surface area contributed by atoms with E-state index >= 15 is 0 Å². The molecule has 0 saturated carbocycles. The number of halogens is 6. The minimum absolute atomic E-state index is 0.317. The number of alkyl halides is 6. The first-order chi connectivity index (χ1) is 7.59. The average molecular weight is 258 g/mol. The van der Waals surface area contributed by atoms with Gasteiger partial charge in [-0.1, -0.05) is 6.07 Å². The van der Waals surface area contributed by atoms with E-state index in [-0.39, 0.29) is 5.56 Å². The Morgan fingerprint density at radius 1 is 0.941 bits per heavy atom. The molecule has 0 aliphatic heterocycles. The van der Waals surface area contributed by atoms with Crippen LogP contribution in [0.2, 0.25) is 0 Å². The van der Waals surface area contributed by atoms with E-state index in [9.17, 15) is 26.3 Å². The Hall–Kier alpha value is -1.40. The van der Waals surface area contributed by atoms with Crippen LogP contribution < -0.4 is 4.74 Å². The predicted octanol–water partition coefficient (Wildman–Crippen LogP) is 4.04. The van der Waals surface area contributed by atoms with Crippen molar-refractivity contribution in [1.82, 2.24) is 0 Å². The van der Waals surface area contributed by atoms with Gasteiger partial charge in [-0.15, -0.1) is 0 Å². The maximum Gasteiger partial charge on any atom is 0.420 e. The molecule has 0 fully saturated rings. The number of rotatable bonds is 1. The molecule has 1 rings (SSSR count). The van der Waals surface area contributed by atoms with Crippen LogP contribution in [0.5, 0.6) is 5.75 Å². The normalized spacial score (nSPS) is 12.7. The van der Waals surface area contributed by atoms with Gasteiger partial charge in [0.25, 0.3) is 0 Å². The third-order valence-electron chi connectivity index (χ3n) is 2.16. The lowest BCUT2D eigenvalue weighted by atomic mass is 10.0. The van der Waals surface area contributed by atoms with Gasteiger partial charge in [0.05, 0.1) is 12.7 Å². The maximum absolute atomic E-state index is 12.6. The van der Waals surface area contributed by atoms with Crippen molar-refractivity contribution in [1.29, 1.82) is 0 Å². The summed E-state index contributed by atoms with van der Waals surface area (Å²) in [4.78, 5) is 0. The molecule has 7 heteroatoms. The molecule has 0 aliphatic rings. The summed E-state index contributed by atoms with van der Waals surface area (Å²) < 4.78 is 79.6. The molecule has 1 aromatic rings. The second-order valence-electron chi connectivity index (χ2n) is 3.33. The SMILES string of the molecule is COc1c(C(F)(F)F)ccc(C)c1C(F)(F)F. The second kappa shape index (κ2) is 4.12. The summed E-state index contributed by atoms with van der Waals surface area (Å²) in [6, 6.07) is 1.34. The van der Waals surface area contributed by atoms with E-state index in [0.29, 0.717) is 6.07 Å². The fourth-order valence-electron chi connectivity index (χ4n) is 1.47. The van der Waals surface area contributed by atoms with Crippen molar-refractivity contribution in [3.8, 4) is 5.75 Å². The van der Waals surface area contributed by atoms with Crippen molar-refractivity contribution < 1.29 is 31.1 Å². The van der Waals surface area contributed by atoms with E-state index in [2.05, 4.69) is 4.74 Å². The number of benzene rings is 1. The fraction of sp³-hybridized carbons (Fsp3) is 0.400. The van der Waals surface area contributed by atoms with Crippen LogP contribution in [-0.4, -0.2) is 7.11 Å². The summed E-state index contributed by atoms with van der Waals surface area (Å²) in [6.45, 7) is 1.07. The fourth-order valence-corrected chi connectivity index (χ4v) is 1.47. The van der Waals surface area contributed by atoms with Crippen LogP contribution in [0.15, 0.2) is 12.1 Å². The zero-order valence-corrected chi connectivity index (χ0v) is 8.83. The molecule has 0 unspecified atom stereocenters. The summed E-state index contributed by atoms with van der Waals surface area (Å²) in [7, 11) is 0.777. The molecule has 1 aromatic carbocycles. The molecule has 0 radical (unpaired) electrons. The molecule has 0 atom stereocenters. The van der Waals surface area contributed by atoms with Crippen molar-refractivity contribution in [2.24, 2.45) is 0 Å². The van der Waals surface area contributed by atoms with Crippen LogP contribution in [0, 0.1) is 6.92 Å². The number of hydrogen-bond donors (Lipinski definition) is 0. The van der Waals surface area contributed by atoms with Crippen molar-refractivity contribution in [2.45, 2.75) is 19.3 Å². The van der Waals surface area contributed by atoms with Crippen LogP contribution in [0.4, 0.5) is 26.3 Å². The van der Waals surface area contributed by atoms with Gasteiger partial charge in [0.15, 0.2) is 0 Å². The molecule has 0 amide bonds. The van der Waals surface area contributed by atoms with Gasteiger partial charge in [0.1, 0.15) is 11.3 Å². The van der Waals surface area contributed by atoms with Crippen molar-refractivity contribution in [2.75, 3.05) is 7.11 Å². The van der Waals surface area contributed by atoms with Gasteiger partial charge >= 0.3 is 12.4 Å². The van der Waals surface area contributed by atoms with Crippen LogP contribution in [-0.2, 0) is 12.4 Å². The zero-order chi connectivity index (χ0) is 13.4. The maximum atomic E-state index is 12.6. The molecular weight excluding hydrogens is 250 g/mol. The number of hydrogen-bond acceptors (Lipinski definition) is 1. The Kier molecular flexibility index (Phi) is 3.31. The highest BCUT2D eigenvalue weighted by molar-refractivity contribution is 5.49. The zero-order valence-electron chi connectivity index (χ0n) is 8.83. The van der Waals surface area contributed by atoms with Gasteiger partial charge < -0.3 is 4.74 Å². The monoisotopic (exact) mass is 258 g/mol. The number of methoxy groups -OCH3 is 1.